The lowest BCUT2D eigenvalue weighted by Gasteiger charge is -2.04. The molecule has 0 spiro atoms. The highest BCUT2D eigenvalue weighted by Gasteiger charge is 2.11. The Bertz CT molecular complexity index is 1260. The third kappa shape index (κ3) is 6.98. The van der Waals surface area contributed by atoms with Gasteiger partial charge in [0, 0.05) is 42.8 Å². The Morgan fingerprint density at radius 1 is 1.06 bits per heavy atom. The number of aryl methyl sites for hydroxylation is 1. The van der Waals surface area contributed by atoms with E-state index >= 15 is 0 Å². The molecule has 3 heterocycles. The molecule has 34 heavy (non-hydrogen) atoms. The number of amides is 2. The average Bonchev–Trinajstić information content (AvgIpc) is 3.52. The second-order valence-electron chi connectivity index (χ2n) is 7.07. The maximum absolute atomic E-state index is 12.2. The molecule has 0 aliphatic rings. The molecule has 0 bridgehead atoms. The van der Waals surface area contributed by atoms with Gasteiger partial charge >= 0.3 is 0 Å². The third-order valence-electron chi connectivity index (χ3n) is 4.61. The average molecular weight is 474 g/mol. The molecule has 0 aliphatic carbocycles. The number of pyridine rings is 1. The zero-order valence-corrected chi connectivity index (χ0v) is 20.2. The fourth-order valence-electron chi connectivity index (χ4n) is 3.00. The summed E-state index contributed by atoms with van der Waals surface area (Å²) in [6.45, 7) is 3.87. The number of nitrogens with zero attached hydrogens (tertiary/aromatic N) is 3. The van der Waals surface area contributed by atoms with Gasteiger partial charge in [0.25, 0.3) is 5.91 Å². The van der Waals surface area contributed by atoms with E-state index in [1.54, 1.807) is 35.4 Å². The lowest BCUT2D eigenvalue weighted by molar-refractivity contribution is -0.115. The van der Waals surface area contributed by atoms with E-state index in [-0.39, 0.29) is 18.4 Å². The number of carbonyl (C=O) groups is 2. The van der Waals surface area contributed by atoms with Crippen LogP contribution in [0.2, 0.25) is 0 Å². The highest BCUT2D eigenvalue weighted by atomic mass is 32.1. The highest BCUT2D eigenvalue weighted by molar-refractivity contribution is 7.14. The van der Waals surface area contributed by atoms with Crippen molar-refractivity contribution < 1.29 is 9.59 Å². The Hall–Kier alpha value is -4.04. The predicted molar refractivity (Wildman–Crippen MR) is 138 cm³/mol. The Labute approximate surface area is 203 Å². The number of aromatic nitrogens is 3. The van der Waals surface area contributed by atoms with E-state index in [0.717, 1.165) is 22.4 Å². The van der Waals surface area contributed by atoms with Crippen LogP contribution in [0.25, 0.3) is 23.4 Å². The number of hydrogen-bond donors (Lipinski definition) is 2. The molecule has 0 radical (unpaired) electrons. The number of benzene rings is 1. The summed E-state index contributed by atoms with van der Waals surface area (Å²) in [6.07, 6.45) is 11.0. The van der Waals surface area contributed by atoms with Gasteiger partial charge in [-0.2, -0.15) is 0 Å². The minimum Gasteiger partial charge on any atom is -0.356 e. The largest absolute Gasteiger partial charge is 0.356 e. The predicted octanol–water partition coefficient (Wildman–Crippen LogP) is 5.11. The summed E-state index contributed by atoms with van der Waals surface area (Å²) < 4.78 is 1.77. The molecular formula is C26H27N5O2S. The van der Waals surface area contributed by atoms with Crippen LogP contribution in [0.3, 0.4) is 0 Å². The van der Waals surface area contributed by atoms with Gasteiger partial charge in [0.1, 0.15) is 0 Å². The summed E-state index contributed by atoms with van der Waals surface area (Å²) in [4.78, 5) is 32.8. The Morgan fingerprint density at radius 2 is 1.82 bits per heavy atom. The first-order valence-corrected chi connectivity index (χ1v) is 11.8. The van der Waals surface area contributed by atoms with E-state index in [1.807, 2.05) is 74.8 Å². The number of carbonyl (C=O) groups excluding carboxylic acids is 2. The van der Waals surface area contributed by atoms with E-state index in [2.05, 4.69) is 20.6 Å². The van der Waals surface area contributed by atoms with Gasteiger partial charge in [-0.25, -0.2) is 4.98 Å². The van der Waals surface area contributed by atoms with Crippen LogP contribution >= 0.6 is 11.3 Å². The van der Waals surface area contributed by atoms with Crippen molar-refractivity contribution in [2.45, 2.75) is 13.8 Å². The summed E-state index contributed by atoms with van der Waals surface area (Å²) >= 11 is 1.34. The summed E-state index contributed by atoms with van der Waals surface area (Å²) in [6, 6.07) is 13.6. The van der Waals surface area contributed by atoms with Gasteiger partial charge in [0.05, 0.1) is 17.8 Å². The van der Waals surface area contributed by atoms with Crippen molar-refractivity contribution >= 4 is 40.4 Å². The summed E-state index contributed by atoms with van der Waals surface area (Å²) in [5.74, 6) is -0.624. The van der Waals surface area contributed by atoms with E-state index in [9.17, 15) is 9.59 Å². The van der Waals surface area contributed by atoms with Crippen molar-refractivity contribution in [1.82, 2.24) is 19.9 Å². The smallest absolute Gasteiger partial charge is 0.253 e. The van der Waals surface area contributed by atoms with Gasteiger partial charge in [0.15, 0.2) is 5.13 Å². The lowest BCUT2D eigenvalue weighted by Crippen LogP contribution is -2.32. The number of rotatable bonds is 7. The molecule has 4 aromatic rings. The van der Waals surface area contributed by atoms with Crippen LogP contribution in [-0.2, 0) is 11.8 Å². The zero-order chi connectivity index (χ0) is 24.3. The molecule has 174 valence electrons. The first-order valence-electron chi connectivity index (χ1n) is 10.9. The first kappa shape index (κ1) is 24.6. The highest BCUT2D eigenvalue weighted by Crippen LogP contribution is 2.26. The second kappa shape index (κ2) is 12.3. The Balaban J connectivity index is 0.00000158. The maximum atomic E-state index is 12.2. The summed E-state index contributed by atoms with van der Waals surface area (Å²) in [7, 11) is 1.83. The van der Waals surface area contributed by atoms with Gasteiger partial charge in [-0.05, 0) is 35.4 Å². The number of thiazole rings is 1. The van der Waals surface area contributed by atoms with Gasteiger partial charge in [0.2, 0.25) is 5.91 Å². The molecule has 0 atom stereocenters. The van der Waals surface area contributed by atoms with Crippen LogP contribution in [0.5, 0.6) is 0 Å². The van der Waals surface area contributed by atoms with E-state index < -0.39 is 0 Å². The topological polar surface area (TPSA) is 88.9 Å². The zero-order valence-electron chi connectivity index (χ0n) is 19.4. The molecule has 2 amide bonds. The van der Waals surface area contributed by atoms with Gasteiger partial charge in [-0.3, -0.25) is 14.6 Å². The van der Waals surface area contributed by atoms with Crippen molar-refractivity contribution in [2.24, 2.45) is 7.05 Å². The molecule has 0 fully saturated rings. The van der Waals surface area contributed by atoms with Gasteiger partial charge in [-0.15, -0.1) is 11.3 Å². The van der Waals surface area contributed by atoms with Crippen LogP contribution in [-0.4, -0.2) is 32.9 Å². The van der Waals surface area contributed by atoms with Crippen LogP contribution in [0.4, 0.5) is 5.13 Å². The molecule has 0 aliphatic heterocycles. The van der Waals surface area contributed by atoms with Crippen LogP contribution < -0.4 is 10.6 Å². The SMILES string of the molecule is CC.Cn1ccc(C(=O)NCC(=O)Nc2nc(-c3cccc(/C=C/c4ccncc4)c3)cs2)c1. The molecule has 0 saturated carbocycles. The molecule has 1 aromatic carbocycles. The fraction of sp³-hybridized carbons (Fsp3) is 0.154. The summed E-state index contributed by atoms with van der Waals surface area (Å²) in [5.41, 5.74) is 4.36. The van der Waals surface area contributed by atoms with Gasteiger partial charge < -0.3 is 15.2 Å². The van der Waals surface area contributed by atoms with Crippen LogP contribution in [0.15, 0.2) is 72.6 Å². The van der Waals surface area contributed by atoms with Crippen molar-refractivity contribution in [1.29, 1.82) is 0 Å². The fourth-order valence-corrected chi connectivity index (χ4v) is 3.73. The monoisotopic (exact) mass is 473 g/mol. The Kier molecular flexibility index (Phi) is 8.88. The molecular weight excluding hydrogens is 446 g/mol. The van der Waals surface area contributed by atoms with Gasteiger partial charge in [-0.1, -0.05) is 44.2 Å². The van der Waals surface area contributed by atoms with Crippen molar-refractivity contribution in [2.75, 3.05) is 11.9 Å². The minimum atomic E-state index is -0.329. The molecule has 3 aromatic heterocycles. The van der Waals surface area contributed by atoms with Crippen molar-refractivity contribution in [3.05, 3.63) is 89.3 Å². The number of nitrogens with one attached hydrogen (secondary N) is 2. The molecule has 4 rings (SSSR count). The quantitative estimate of drug-likeness (QED) is 0.390. The van der Waals surface area contributed by atoms with E-state index in [0.29, 0.717) is 10.7 Å². The molecule has 0 saturated heterocycles. The first-order chi connectivity index (χ1) is 16.6. The molecule has 8 heteroatoms. The van der Waals surface area contributed by atoms with Crippen LogP contribution in [0.1, 0.15) is 35.3 Å². The molecule has 0 unspecified atom stereocenters. The normalized spacial score (nSPS) is 10.4. The number of anilines is 1. The van der Waals surface area contributed by atoms with Crippen molar-refractivity contribution in [3.63, 3.8) is 0 Å². The lowest BCUT2D eigenvalue weighted by atomic mass is 10.1. The Morgan fingerprint density at radius 3 is 2.56 bits per heavy atom. The maximum Gasteiger partial charge on any atom is 0.253 e. The van der Waals surface area contributed by atoms with E-state index in [1.165, 1.54) is 11.3 Å². The molecule has 2 N–H and O–H groups in total. The van der Waals surface area contributed by atoms with E-state index in [4.69, 9.17) is 0 Å². The molecule has 7 nitrogen and oxygen atoms in total. The second-order valence-corrected chi connectivity index (χ2v) is 7.93. The minimum absolute atomic E-state index is 0.127. The summed E-state index contributed by atoms with van der Waals surface area (Å²) in [5, 5.41) is 7.72. The standard InChI is InChI=1S/C24H21N5O2S.C2H6/c1-29-12-9-20(15-29)23(31)26-14-22(30)28-24-27-21(16-32-24)19-4-2-3-18(13-19)6-5-17-7-10-25-11-8-17;1-2/h2-13,15-16H,14H2,1H3,(H,26,31)(H,27,28,30);1-2H3/b6-5+;. The van der Waals surface area contributed by atoms with Crippen molar-refractivity contribution in [3.8, 4) is 11.3 Å². The number of hydrogen-bond acceptors (Lipinski definition) is 5. The van der Waals surface area contributed by atoms with Crippen LogP contribution in [0, 0.1) is 0 Å². The third-order valence-corrected chi connectivity index (χ3v) is 5.37.